The van der Waals surface area contributed by atoms with E-state index in [-0.39, 0.29) is 18.2 Å². The van der Waals surface area contributed by atoms with E-state index in [4.69, 9.17) is 0 Å². The third kappa shape index (κ3) is 6.53. The SMILES string of the molecule is CC[C@H](CC(=O)CNC(=O)c1cncc(NC2=NCC(O)CN2)c1)c1cc(Br)cc(C2(C#N)CCC2)c1. The molecule has 4 N–H and O–H groups in total. The molecule has 0 bridgehead atoms. The lowest BCUT2D eigenvalue weighted by Gasteiger charge is -2.36. The zero-order valence-corrected chi connectivity index (χ0v) is 22.3. The molecule has 1 aromatic heterocycles. The molecule has 1 fully saturated rings. The highest BCUT2D eigenvalue weighted by molar-refractivity contribution is 9.10. The van der Waals surface area contributed by atoms with Crippen molar-refractivity contribution >= 4 is 39.3 Å². The summed E-state index contributed by atoms with van der Waals surface area (Å²) >= 11 is 3.58. The van der Waals surface area contributed by atoms with Crippen molar-refractivity contribution in [2.75, 3.05) is 25.0 Å². The molecule has 1 saturated carbocycles. The van der Waals surface area contributed by atoms with Crippen molar-refractivity contribution in [3.8, 4) is 6.07 Å². The average molecular weight is 567 g/mol. The fraction of sp³-hybridized carbons (Fsp3) is 0.444. The van der Waals surface area contributed by atoms with Gasteiger partial charge in [-0.2, -0.15) is 5.26 Å². The molecule has 0 spiro atoms. The van der Waals surface area contributed by atoms with E-state index >= 15 is 0 Å². The van der Waals surface area contributed by atoms with Crippen molar-refractivity contribution in [1.29, 1.82) is 5.26 Å². The average Bonchev–Trinajstić information content (AvgIpc) is 2.87. The van der Waals surface area contributed by atoms with Crippen LogP contribution in [0.3, 0.4) is 0 Å². The van der Waals surface area contributed by atoms with Crippen LogP contribution in [0.15, 0.2) is 46.1 Å². The molecular formula is C27H31BrN6O3. The number of anilines is 1. The Kier molecular flexibility index (Phi) is 8.56. The van der Waals surface area contributed by atoms with Gasteiger partial charge in [-0.1, -0.05) is 28.9 Å². The predicted molar refractivity (Wildman–Crippen MR) is 144 cm³/mol. The summed E-state index contributed by atoms with van der Waals surface area (Å²) in [6.45, 7) is 2.64. The van der Waals surface area contributed by atoms with Crippen molar-refractivity contribution in [3.63, 3.8) is 0 Å². The largest absolute Gasteiger partial charge is 0.389 e. The quantitative estimate of drug-likeness (QED) is 0.364. The molecule has 1 aliphatic carbocycles. The normalized spacial score (nSPS) is 18.9. The van der Waals surface area contributed by atoms with Crippen molar-refractivity contribution in [1.82, 2.24) is 15.6 Å². The number of halogens is 1. The minimum atomic E-state index is -0.520. The number of aliphatic hydroxyl groups is 1. The number of rotatable bonds is 9. The van der Waals surface area contributed by atoms with Crippen LogP contribution in [0, 0.1) is 11.3 Å². The number of hydrogen-bond acceptors (Lipinski definition) is 8. The molecular weight excluding hydrogens is 536 g/mol. The molecule has 37 heavy (non-hydrogen) atoms. The number of aliphatic imine (C=N–C) groups is 1. The molecule has 1 unspecified atom stereocenters. The van der Waals surface area contributed by atoms with Crippen molar-refractivity contribution in [3.05, 3.63) is 57.8 Å². The molecule has 1 amide bonds. The van der Waals surface area contributed by atoms with E-state index in [2.05, 4.69) is 54.0 Å². The highest BCUT2D eigenvalue weighted by Gasteiger charge is 2.39. The lowest BCUT2D eigenvalue weighted by molar-refractivity contribution is -0.118. The number of aromatic nitrogens is 1. The van der Waals surface area contributed by atoms with Gasteiger partial charge < -0.3 is 21.1 Å². The topological polar surface area (TPSA) is 140 Å². The number of hydrogen-bond donors (Lipinski definition) is 4. The van der Waals surface area contributed by atoms with E-state index in [0.29, 0.717) is 36.7 Å². The van der Waals surface area contributed by atoms with Crippen LogP contribution >= 0.6 is 15.9 Å². The van der Waals surface area contributed by atoms with E-state index in [9.17, 15) is 20.0 Å². The van der Waals surface area contributed by atoms with Gasteiger partial charge in [-0.15, -0.1) is 0 Å². The van der Waals surface area contributed by atoms with E-state index in [1.165, 1.54) is 6.20 Å². The van der Waals surface area contributed by atoms with Crippen LogP contribution in [-0.4, -0.2) is 53.5 Å². The number of pyridine rings is 1. The van der Waals surface area contributed by atoms with Gasteiger partial charge in [0.1, 0.15) is 0 Å². The summed E-state index contributed by atoms with van der Waals surface area (Å²) in [7, 11) is 0. The highest BCUT2D eigenvalue weighted by atomic mass is 79.9. The van der Waals surface area contributed by atoms with Crippen LogP contribution in [0.25, 0.3) is 0 Å². The van der Waals surface area contributed by atoms with Gasteiger partial charge in [0, 0.05) is 23.6 Å². The summed E-state index contributed by atoms with van der Waals surface area (Å²) in [5.74, 6) is 0.0335. The van der Waals surface area contributed by atoms with Gasteiger partial charge in [0.15, 0.2) is 11.7 Å². The Morgan fingerprint density at radius 2 is 2.11 bits per heavy atom. The van der Waals surface area contributed by atoms with Crippen LogP contribution in [-0.2, 0) is 10.2 Å². The molecule has 2 aromatic rings. The first kappa shape index (κ1) is 26.8. The molecule has 10 heteroatoms. The van der Waals surface area contributed by atoms with Crippen LogP contribution in [0.4, 0.5) is 5.69 Å². The zero-order chi connectivity index (χ0) is 26.4. The third-order valence-electron chi connectivity index (χ3n) is 7.01. The Hall–Kier alpha value is -3.29. The Morgan fingerprint density at radius 1 is 1.30 bits per heavy atom. The van der Waals surface area contributed by atoms with E-state index < -0.39 is 17.4 Å². The van der Waals surface area contributed by atoms with Crippen molar-refractivity contribution in [2.45, 2.75) is 56.5 Å². The van der Waals surface area contributed by atoms with E-state index in [1.54, 1.807) is 12.3 Å². The number of carbonyl (C=O) groups excluding carboxylic acids is 2. The fourth-order valence-electron chi connectivity index (χ4n) is 4.63. The fourth-order valence-corrected chi connectivity index (χ4v) is 5.14. The first-order valence-corrected chi connectivity index (χ1v) is 13.3. The first-order valence-electron chi connectivity index (χ1n) is 12.5. The molecule has 194 valence electrons. The molecule has 2 atom stereocenters. The number of aliphatic hydroxyl groups excluding tert-OH is 1. The van der Waals surface area contributed by atoms with Crippen LogP contribution in [0.2, 0.25) is 0 Å². The van der Waals surface area contributed by atoms with E-state index in [0.717, 1.165) is 41.3 Å². The Balaban J connectivity index is 1.35. The van der Waals surface area contributed by atoms with Gasteiger partial charge in [0.2, 0.25) is 0 Å². The number of nitrogens with zero attached hydrogens (tertiary/aromatic N) is 3. The van der Waals surface area contributed by atoms with Crippen LogP contribution in [0.5, 0.6) is 0 Å². The highest BCUT2D eigenvalue weighted by Crippen LogP contribution is 2.45. The number of ketones is 1. The molecule has 1 aliphatic heterocycles. The second-order valence-corrected chi connectivity index (χ2v) is 10.6. The monoisotopic (exact) mass is 566 g/mol. The predicted octanol–water partition coefficient (Wildman–Crippen LogP) is 3.40. The standard InChI is InChI=1S/C27H31BrN6O3/c1-2-17(18-6-20(10-21(28)7-18)27(16-29)4-3-5-27)9-23(35)13-31-25(37)19-8-22(12-30-11-19)34-26-32-14-24(36)15-33-26/h6-8,10-12,17,24,36H,2-5,9,13-15H2,1H3,(H,31,37)(H2,32,33,34)/t17-/m1/s1. The minimum absolute atomic E-state index is 0.00653. The van der Waals surface area contributed by atoms with Gasteiger partial charge in [-0.05, 0) is 60.9 Å². The number of guanidine groups is 1. The maximum absolute atomic E-state index is 12.8. The second-order valence-electron chi connectivity index (χ2n) is 9.66. The smallest absolute Gasteiger partial charge is 0.253 e. The van der Waals surface area contributed by atoms with Crippen molar-refractivity contribution < 1.29 is 14.7 Å². The molecule has 1 aromatic carbocycles. The van der Waals surface area contributed by atoms with Crippen LogP contribution < -0.4 is 16.0 Å². The molecule has 2 aliphatic rings. The summed E-state index contributed by atoms with van der Waals surface area (Å²) in [4.78, 5) is 33.8. The summed E-state index contributed by atoms with van der Waals surface area (Å²) in [6.07, 6.45) is 6.32. The molecule has 9 nitrogen and oxygen atoms in total. The Bertz CT molecular complexity index is 1240. The Morgan fingerprint density at radius 3 is 2.76 bits per heavy atom. The van der Waals surface area contributed by atoms with Gasteiger partial charge in [-0.3, -0.25) is 19.6 Å². The van der Waals surface area contributed by atoms with E-state index in [1.807, 2.05) is 19.1 Å². The molecule has 0 saturated heterocycles. The maximum Gasteiger partial charge on any atom is 0.253 e. The summed E-state index contributed by atoms with van der Waals surface area (Å²) < 4.78 is 0.910. The van der Waals surface area contributed by atoms with Crippen molar-refractivity contribution in [2.24, 2.45) is 4.99 Å². The lowest BCUT2D eigenvalue weighted by Crippen LogP contribution is -2.42. The first-order chi connectivity index (χ1) is 17.8. The Labute approximate surface area is 224 Å². The molecule has 4 rings (SSSR count). The number of nitrogens with one attached hydrogen (secondary N) is 3. The lowest BCUT2D eigenvalue weighted by atomic mass is 9.65. The minimum Gasteiger partial charge on any atom is -0.389 e. The van der Waals surface area contributed by atoms with Gasteiger partial charge in [0.05, 0.1) is 48.1 Å². The second kappa shape index (κ2) is 11.8. The molecule has 2 heterocycles. The summed E-state index contributed by atoms with van der Waals surface area (Å²) in [5, 5.41) is 28.0. The summed E-state index contributed by atoms with van der Waals surface area (Å²) in [6, 6.07) is 10.2. The third-order valence-corrected chi connectivity index (χ3v) is 7.46. The number of carbonyl (C=O) groups is 2. The number of β-amino-alcohol motifs (C(OH)–C–C–N with tert-alkyl or cyclic N) is 1. The number of amides is 1. The number of nitriles is 1. The zero-order valence-electron chi connectivity index (χ0n) is 20.8. The molecule has 0 radical (unpaired) electrons. The maximum atomic E-state index is 12.8. The number of benzene rings is 1. The van der Waals surface area contributed by atoms with Gasteiger partial charge in [0.25, 0.3) is 5.91 Å². The summed E-state index contributed by atoms with van der Waals surface area (Å²) in [5.41, 5.74) is 2.51. The van der Waals surface area contributed by atoms with Gasteiger partial charge >= 0.3 is 0 Å². The number of Topliss-reactive ketones (excluding diaryl/α,β-unsaturated/α-hetero) is 1. The van der Waals surface area contributed by atoms with Crippen LogP contribution in [0.1, 0.15) is 66.4 Å². The van der Waals surface area contributed by atoms with Gasteiger partial charge in [-0.25, -0.2) is 0 Å².